The first-order chi connectivity index (χ1) is 10.9. The Kier molecular flexibility index (Phi) is 4.49. The Labute approximate surface area is 140 Å². The summed E-state index contributed by atoms with van der Waals surface area (Å²) in [6, 6.07) is 0. The van der Waals surface area contributed by atoms with E-state index in [1.807, 2.05) is 31.9 Å². The minimum atomic E-state index is -0.319. The first-order valence-electron chi connectivity index (χ1n) is 8.23. The largest absolute Gasteiger partial charge is 0.488 e. The van der Waals surface area contributed by atoms with Gasteiger partial charge in [0.05, 0.1) is 12.3 Å². The Balaban J connectivity index is 1.74. The second-order valence-corrected chi connectivity index (χ2v) is 8.47. The van der Waals surface area contributed by atoms with E-state index in [2.05, 4.69) is 9.30 Å². The van der Waals surface area contributed by atoms with E-state index < -0.39 is 0 Å². The minimum absolute atomic E-state index is 0.224. The molecule has 0 saturated carbocycles. The Hall–Kier alpha value is -1.37. The van der Waals surface area contributed by atoms with Gasteiger partial charge >= 0.3 is 0 Å². The van der Waals surface area contributed by atoms with Crippen LogP contribution in [0.1, 0.15) is 33.6 Å². The smallest absolute Gasteiger partial charge is 0.228 e. The molecule has 0 aromatic carbocycles. The number of hydrogen-bond donors (Lipinski definition) is 0. The van der Waals surface area contributed by atoms with Crippen LogP contribution in [0.3, 0.4) is 0 Å². The van der Waals surface area contributed by atoms with E-state index >= 15 is 0 Å². The molecule has 0 N–H and O–H groups in total. The highest BCUT2D eigenvalue weighted by atomic mass is 32.2. The second kappa shape index (κ2) is 6.26. The summed E-state index contributed by atoms with van der Waals surface area (Å²) in [6.45, 7) is 9.76. The lowest BCUT2D eigenvalue weighted by Gasteiger charge is -2.39. The van der Waals surface area contributed by atoms with Gasteiger partial charge in [0.25, 0.3) is 0 Å². The maximum Gasteiger partial charge on any atom is 0.228 e. The van der Waals surface area contributed by atoms with Crippen molar-refractivity contribution in [2.75, 3.05) is 39.0 Å². The molecule has 2 fully saturated rings. The number of rotatable bonds is 1. The number of amides is 1. The number of carbonyl (C=O) groups is 1. The zero-order valence-electron chi connectivity index (χ0n) is 14.5. The van der Waals surface area contributed by atoms with Gasteiger partial charge in [-0.05, 0) is 12.8 Å². The normalized spacial score (nSPS) is 25.4. The Morgan fingerprint density at radius 2 is 1.91 bits per heavy atom. The van der Waals surface area contributed by atoms with E-state index in [0.717, 1.165) is 62.9 Å². The van der Waals surface area contributed by atoms with Gasteiger partial charge in [0.2, 0.25) is 5.91 Å². The summed E-state index contributed by atoms with van der Waals surface area (Å²) in [6.07, 6.45) is 4.05. The summed E-state index contributed by atoms with van der Waals surface area (Å²) >= 11 is 0. The van der Waals surface area contributed by atoms with Crippen LogP contribution in [0.5, 0.6) is 0 Å². The van der Waals surface area contributed by atoms with Crippen molar-refractivity contribution >= 4 is 22.5 Å². The third-order valence-electron chi connectivity index (χ3n) is 4.24. The lowest BCUT2D eigenvalue weighted by molar-refractivity contribution is -0.141. The zero-order chi connectivity index (χ0) is 16.6. The van der Waals surface area contributed by atoms with Gasteiger partial charge in [-0.3, -0.25) is 4.79 Å². The molecule has 1 unspecified atom stereocenters. The van der Waals surface area contributed by atoms with E-state index in [4.69, 9.17) is 9.10 Å². The van der Waals surface area contributed by atoms with Crippen molar-refractivity contribution in [1.82, 2.24) is 9.80 Å². The second-order valence-electron chi connectivity index (χ2n) is 7.21. The summed E-state index contributed by atoms with van der Waals surface area (Å²) in [7, 11) is -0.319. The SMILES string of the molecule is CS1=NC(N2CCN(C(=O)C(C)(C)C)CC2)=C2OCCCC2=N1. The number of piperazine rings is 1. The van der Waals surface area contributed by atoms with Gasteiger partial charge in [-0.25, -0.2) is 4.40 Å². The molecule has 6 nitrogen and oxygen atoms in total. The molecule has 3 aliphatic rings. The quantitative estimate of drug-likeness (QED) is 0.734. The number of allylic oxidation sites excluding steroid dienone is 1. The van der Waals surface area contributed by atoms with Crippen LogP contribution < -0.4 is 0 Å². The van der Waals surface area contributed by atoms with Gasteiger partial charge in [0.1, 0.15) is 0 Å². The van der Waals surface area contributed by atoms with E-state index in [9.17, 15) is 4.79 Å². The highest BCUT2D eigenvalue weighted by Crippen LogP contribution is 2.27. The number of ether oxygens (including phenoxy) is 1. The van der Waals surface area contributed by atoms with E-state index in [1.165, 1.54) is 0 Å². The maximum absolute atomic E-state index is 12.4. The number of nitrogens with zero attached hydrogens (tertiary/aromatic N) is 4. The van der Waals surface area contributed by atoms with Crippen LogP contribution in [0, 0.1) is 5.41 Å². The van der Waals surface area contributed by atoms with Gasteiger partial charge < -0.3 is 14.5 Å². The molecule has 0 spiro atoms. The number of fused-ring (bicyclic) bond motifs is 1. The van der Waals surface area contributed by atoms with Gasteiger partial charge in [-0.1, -0.05) is 20.8 Å². The Morgan fingerprint density at radius 1 is 1.22 bits per heavy atom. The molecule has 23 heavy (non-hydrogen) atoms. The van der Waals surface area contributed by atoms with Crippen LogP contribution in [-0.2, 0) is 20.4 Å². The highest BCUT2D eigenvalue weighted by Gasteiger charge is 2.32. The highest BCUT2D eigenvalue weighted by molar-refractivity contribution is 7.85. The Morgan fingerprint density at radius 3 is 2.57 bits per heavy atom. The molecule has 3 aliphatic heterocycles. The van der Waals surface area contributed by atoms with Crippen LogP contribution in [0.2, 0.25) is 0 Å². The topological polar surface area (TPSA) is 57.5 Å². The fourth-order valence-electron chi connectivity index (χ4n) is 3.03. The van der Waals surface area contributed by atoms with Gasteiger partial charge in [-0.2, -0.15) is 4.36 Å². The number of carbonyl (C=O) groups excluding carboxylic acids is 1. The molecule has 0 aromatic heterocycles. The average Bonchev–Trinajstić information content (AvgIpc) is 2.52. The standard InChI is InChI=1S/C16H26N4O2S/c1-16(2,3)15(21)20-9-7-19(8-10-20)14-13-12(6-5-11-22-13)17-23(4)18-14/h5-11H2,1-4H3. The molecule has 7 heteroatoms. The fraction of sp³-hybridized carbons (Fsp3) is 0.750. The molecular weight excluding hydrogens is 312 g/mol. The number of hydrogen-bond acceptors (Lipinski definition) is 5. The predicted octanol–water partition coefficient (Wildman–Crippen LogP) is 1.96. The molecule has 0 radical (unpaired) electrons. The zero-order valence-corrected chi connectivity index (χ0v) is 15.3. The Bertz CT molecular complexity index is 596. The van der Waals surface area contributed by atoms with Crippen molar-refractivity contribution in [3.05, 3.63) is 11.6 Å². The molecule has 1 atom stereocenters. The third-order valence-corrected chi connectivity index (χ3v) is 5.16. The molecule has 0 bridgehead atoms. The first-order valence-corrected chi connectivity index (χ1v) is 9.78. The molecule has 3 rings (SSSR count). The van der Waals surface area contributed by atoms with Crippen molar-refractivity contribution in [1.29, 1.82) is 0 Å². The van der Waals surface area contributed by atoms with Crippen LogP contribution in [0.15, 0.2) is 20.3 Å². The fourth-order valence-corrected chi connectivity index (χ4v) is 4.02. The molecule has 128 valence electrons. The van der Waals surface area contributed by atoms with Gasteiger partial charge in [0.15, 0.2) is 11.6 Å². The molecule has 3 heterocycles. The summed E-state index contributed by atoms with van der Waals surface area (Å²) in [5, 5.41) is 0. The van der Waals surface area contributed by atoms with Crippen LogP contribution in [0.4, 0.5) is 0 Å². The molecule has 0 aliphatic carbocycles. The first kappa shape index (κ1) is 16.5. The minimum Gasteiger partial charge on any atom is -0.488 e. The lowest BCUT2D eigenvalue weighted by Crippen LogP contribution is -2.51. The van der Waals surface area contributed by atoms with Crippen molar-refractivity contribution in [3.8, 4) is 0 Å². The van der Waals surface area contributed by atoms with Crippen LogP contribution in [0.25, 0.3) is 0 Å². The van der Waals surface area contributed by atoms with E-state index in [1.54, 1.807) is 0 Å². The third kappa shape index (κ3) is 3.44. The summed E-state index contributed by atoms with van der Waals surface area (Å²) in [5.41, 5.74) is 0.752. The van der Waals surface area contributed by atoms with Gasteiger partial charge in [0, 0.05) is 48.7 Å². The van der Waals surface area contributed by atoms with Crippen molar-refractivity contribution in [2.24, 2.45) is 14.2 Å². The predicted molar refractivity (Wildman–Crippen MR) is 93.0 cm³/mol. The summed E-state index contributed by atoms with van der Waals surface area (Å²) in [4.78, 5) is 16.6. The van der Waals surface area contributed by atoms with Crippen molar-refractivity contribution < 1.29 is 9.53 Å². The maximum atomic E-state index is 12.4. The monoisotopic (exact) mass is 338 g/mol. The molecule has 2 saturated heterocycles. The van der Waals surface area contributed by atoms with E-state index in [-0.39, 0.29) is 22.2 Å². The van der Waals surface area contributed by atoms with Crippen LogP contribution in [-0.4, -0.2) is 60.5 Å². The van der Waals surface area contributed by atoms with Gasteiger partial charge in [-0.15, -0.1) is 0 Å². The van der Waals surface area contributed by atoms with Crippen molar-refractivity contribution in [3.63, 3.8) is 0 Å². The van der Waals surface area contributed by atoms with Crippen molar-refractivity contribution in [2.45, 2.75) is 33.6 Å². The lowest BCUT2D eigenvalue weighted by atomic mass is 9.94. The summed E-state index contributed by atoms with van der Waals surface area (Å²) < 4.78 is 15.2. The van der Waals surface area contributed by atoms with Crippen LogP contribution >= 0.6 is 0 Å². The van der Waals surface area contributed by atoms with E-state index in [0.29, 0.717) is 0 Å². The molecule has 1 amide bonds. The summed E-state index contributed by atoms with van der Waals surface area (Å²) in [5.74, 6) is 2.04. The average molecular weight is 338 g/mol. The molecule has 0 aromatic rings. The molecular formula is C16H26N4O2S.